The number of hydrogen-bond acceptors (Lipinski definition) is 3. The van der Waals surface area contributed by atoms with Crippen molar-refractivity contribution in [1.29, 1.82) is 0 Å². The lowest BCUT2D eigenvalue weighted by Crippen LogP contribution is -2.10. The van der Waals surface area contributed by atoms with Crippen LogP contribution in [0, 0.1) is 4.77 Å². The number of nitrogens with zero attached hydrogens (tertiary/aromatic N) is 3. The van der Waals surface area contributed by atoms with E-state index in [1.807, 2.05) is 23.2 Å². The minimum atomic E-state index is -0.775. The monoisotopic (exact) mass is 286 g/mol. The third kappa shape index (κ3) is 2.29. The van der Waals surface area contributed by atoms with E-state index in [-0.39, 0.29) is 0 Å². The molecule has 1 unspecified atom stereocenters. The number of aryl methyl sites for hydroxylation is 3. The molecule has 100 valence electrons. The molecule has 0 aromatic carbocycles. The lowest BCUT2D eigenvalue weighted by Gasteiger charge is -2.03. The summed E-state index contributed by atoms with van der Waals surface area (Å²) in [5.74, 6) is 1.32. The van der Waals surface area contributed by atoms with E-state index in [9.17, 15) is 4.21 Å². The van der Waals surface area contributed by atoms with Crippen LogP contribution in [-0.2, 0) is 30.8 Å². The maximum absolute atomic E-state index is 11.5. The van der Waals surface area contributed by atoms with Crippen molar-refractivity contribution in [2.24, 2.45) is 7.05 Å². The van der Waals surface area contributed by atoms with Crippen LogP contribution in [-0.4, -0.2) is 35.0 Å². The predicted octanol–water partition coefficient (Wildman–Crippen LogP) is 1.76. The Morgan fingerprint density at radius 3 is 2.78 bits per heavy atom. The van der Waals surface area contributed by atoms with Gasteiger partial charge in [-0.1, -0.05) is 13.8 Å². The van der Waals surface area contributed by atoms with E-state index < -0.39 is 10.8 Å². The number of nitrogens with one attached hydrogen (secondary N) is 1. The summed E-state index contributed by atoms with van der Waals surface area (Å²) in [6.45, 7) is 4.67. The molecule has 18 heavy (non-hydrogen) atoms. The van der Waals surface area contributed by atoms with Crippen LogP contribution in [0.5, 0.6) is 0 Å². The van der Waals surface area contributed by atoms with Gasteiger partial charge in [-0.3, -0.25) is 8.89 Å². The van der Waals surface area contributed by atoms with Crippen molar-refractivity contribution in [1.82, 2.24) is 19.3 Å². The molecule has 1 atom stereocenters. The molecule has 0 saturated heterocycles. The lowest BCUT2D eigenvalue weighted by atomic mass is 10.3. The van der Waals surface area contributed by atoms with Gasteiger partial charge in [-0.25, -0.2) is 0 Å². The Kier molecular flexibility index (Phi) is 4.01. The number of hydrogen-bond donors (Lipinski definition) is 1. The highest BCUT2D eigenvalue weighted by Gasteiger charge is 2.14. The molecular formula is C11H18N4OS2. The Hall–Kier alpha value is -0.950. The van der Waals surface area contributed by atoms with Crippen LogP contribution in [0.4, 0.5) is 0 Å². The smallest absolute Gasteiger partial charge is 0.179 e. The third-order valence-corrected chi connectivity index (χ3v) is 4.63. The molecule has 1 N–H and O–H groups in total. The summed E-state index contributed by atoms with van der Waals surface area (Å²) in [5, 5.41) is 4.46. The molecular weight excluding hydrogens is 268 g/mol. The molecule has 0 amide bonds. The van der Waals surface area contributed by atoms with Crippen LogP contribution in [0.1, 0.15) is 19.5 Å². The highest BCUT2D eigenvalue weighted by Crippen LogP contribution is 2.18. The Bertz CT molecular complexity index is 637. The van der Waals surface area contributed by atoms with Gasteiger partial charge in [0, 0.05) is 35.9 Å². The first kappa shape index (κ1) is 13.5. The van der Waals surface area contributed by atoms with Gasteiger partial charge in [-0.15, -0.1) is 0 Å². The summed E-state index contributed by atoms with van der Waals surface area (Å²) in [7, 11) is 1.14. The molecule has 0 fully saturated rings. The molecule has 7 heteroatoms. The molecule has 0 saturated carbocycles. The van der Waals surface area contributed by atoms with Crippen LogP contribution < -0.4 is 0 Å². The number of imidazole rings is 1. The van der Waals surface area contributed by atoms with Crippen LogP contribution >= 0.6 is 12.2 Å². The SMILES string of the molecule is CCc1nn(C)c2c1[nH]c(=S)n2CCS(=O)CC. The van der Waals surface area contributed by atoms with E-state index in [1.54, 1.807) is 0 Å². The fourth-order valence-corrected chi connectivity index (χ4v) is 3.02. The second-order valence-corrected chi connectivity index (χ2v) is 6.39. The van der Waals surface area contributed by atoms with Gasteiger partial charge in [0.15, 0.2) is 10.4 Å². The Morgan fingerprint density at radius 2 is 2.17 bits per heavy atom. The number of aromatic nitrogens is 4. The molecule has 2 rings (SSSR count). The van der Waals surface area contributed by atoms with Crippen molar-refractivity contribution in [3.63, 3.8) is 0 Å². The van der Waals surface area contributed by atoms with Gasteiger partial charge in [0.1, 0.15) is 5.52 Å². The van der Waals surface area contributed by atoms with Crippen LogP contribution in [0.25, 0.3) is 11.2 Å². The highest BCUT2D eigenvalue weighted by molar-refractivity contribution is 7.84. The maximum atomic E-state index is 11.5. The molecule has 0 aliphatic rings. The zero-order valence-corrected chi connectivity index (χ0v) is 12.5. The topological polar surface area (TPSA) is 55.6 Å². The second-order valence-electron chi connectivity index (χ2n) is 4.14. The van der Waals surface area contributed by atoms with Crippen molar-refractivity contribution >= 4 is 34.2 Å². The minimum Gasteiger partial charge on any atom is -0.328 e. The standard InChI is InChI=1S/C11H18N4OS2/c1-4-8-9-10(14(3)13-8)15(11(17)12-9)6-7-18(16)5-2/h4-7H2,1-3H3,(H,12,17). The molecule has 0 radical (unpaired) electrons. The number of fused-ring (bicyclic) bond motifs is 1. The zero-order valence-electron chi connectivity index (χ0n) is 10.9. The molecule has 2 aromatic rings. The molecule has 2 aromatic heterocycles. The Labute approximate surface area is 114 Å². The first-order chi connectivity index (χ1) is 8.58. The largest absolute Gasteiger partial charge is 0.328 e. The summed E-state index contributed by atoms with van der Waals surface area (Å²) in [4.78, 5) is 3.20. The van der Waals surface area contributed by atoms with Crippen molar-refractivity contribution in [2.45, 2.75) is 26.8 Å². The highest BCUT2D eigenvalue weighted by atomic mass is 32.2. The Morgan fingerprint density at radius 1 is 1.44 bits per heavy atom. The quantitative estimate of drug-likeness (QED) is 0.852. The average molecular weight is 286 g/mol. The van der Waals surface area contributed by atoms with E-state index in [1.165, 1.54) is 0 Å². The van der Waals surface area contributed by atoms with Gasteiger partial charge in [0.25, 0.3) is 0 Å². The van der Waals surface area contributed by atoms with E-state index >= 15 is 0 Å². The molecule has 0 spiro atoms. The average Bonchev–Trinajstić information content (AvgIpc) is 2.84. The summed E-state index contributed by atoms with van der Waals surface area (Å²) in [5.41, 5.74) is 3.02. The first-order valence-corrected chi connectivity index (χ1v) is 7.97. The van der Waals surface area contributed by atoms with Crippen LogP contribution in [0.15, 0.2) is 0 Å². The van der Waals surface area contributed by atoms with E-state index in [2.05, 4.69) is 17.0 Å². The van der Waals surface area contributed by atoms with Gasteiger partial charge < -0.3 is 9.55 Å². The fraction of sp³-hybridized carbons (Fsp3) is 0.636. The number of H-pyrrole nitrogens is 1. The van der Waals surface area contributed by atoms with Gasteiger partial charge >= 0.3 is 0 Å². The van der Waals surface area contributed by atoms with Crippen molar-refractivity contribution in [3.05, 3.63) is 10.5 Å². The van der Waals surface area contributed by atoms with E-state index in [0.717, 1.165) is 23.3 Å². The molecule has 0 aliphatic carbocycles. The van der Waals surface area contributed by atoms with Crippen molar-refractivity contribution in [3.8, 4) is 0 Å². The third-order valence-electron chi connectivity index (χ3n) is 3.02. The summed E-state index contributed by atoms with van der Waals surface area (Å²) in [6, 6.07) is 0. The minimum absolute atomic E-state index is 0.629. The predicted molar refractivity (Wildman–Crippen MR) is 76.8 cm³/mol. The van der Waals surface area contributed by atoms with Gasteiger partial charge in [0.2, 0.25) is 0 Å². The Balaban J connectivity index is 2.44. The van der Waals surface area contributed by atoms with E-state index in [0.29, 0.717) is 22.8 Å². The summed E-state index contributed by atoms with van der Waals surface area (Å²) in [6.07, 6.45) is 0.869. The summed E-state index contributed by atoms with van der Waals surface area (Å²) >= 11 is 5.33. The molecule has 0 bridgehead atoms. The maximum Gasteiger partial charge on any atom is 0.179 e. The van der Waals surface area contributed by atoms with Crippen LogP contribution in [0.3, 0.4) is 0 Å². The first-order valence-electron chi connectivity index (χ1n) is 6.07. The number of rotatable bonds is 5. The van der Waals surface area contributed by atoms with Crippen molar-refractivity contribution < 1.29 is 4.21 Å². The zero-order chi connectivity index (χ0) is 13.3. The van der Waals surface area contributed by atoms with Gasteiger partial charge in [-0.2, -0.15) is 5.10 Å². The second kappa shape index (κ2) is 5.36. The lowest BCUT2D eigenvalue weighted by molar-refractivity contribution is 0.667. The molecule has 5 nitrogen and oxygen atoms in total. The van der Waals surface area contributed by atoms with Crippen LogP contribution in [0.2, 0.25) is 0 Å². The van der Waals surface area contributed by atoms with Gasteiger partial charge in [-0.05, 0) is 18.6 Å². The van der Waals surface area contributed by atoms with Gasteiger partial charge in [0.05, 0.1) is 5.69 Å². The van der Waals surface area contributed by atoms with Crippen molar-refractivity contribution in [2.75, 3.05) is 11.5 Å². The molecule has 2 heterocycles. The fourth-order valence-electron chi connectivity index (χ4n) is 2.07. The van der Waals surface area contributed by atoms with E-state index in [4.69, 9.17) is 12.2 Å². The number of aromatic amines is 1. The normalized spacial score (nSPS) is 13.3. The summed E-state index contributed by atoms with van der Waals surface area (Å²) < 4.78 is 16.0. The molecule has 0 aliphatic heterocycles.